The highest BCUT2D eigenvalue weighted by Crippen LogP contribution is 2.37. The van der Waals surface area contributed by atoms with Crippen molar-refractivity contribution in [3.05, 3.63) is 29.7 Å². The molecule has 1 fully saturated rings. The Bertz CT molecular complexity index is 515. The maximum atomic E-state index is 13.5. The van der Waals surface area contributed by atoms with Crippen molar-refractivity contribution >= 4 is 13.2 Å². The van der Waals surface area contributed by atoms with Crippen molar-refractivity contribution in [2.45, 2.75) is 38.9 Å². The van der Waals surface area contributed by atoms with Gasteiger partial charge in [-0.15, -0.1) is 0 Å². The van der Waals surface area contributed by atoms with E-state index in [9.17, 15) is 4.39 Å². The summed E-state index contributed by atoms with van der Waals surface area (Å²) in [6.07, 6.45) is 3.02. The number of halogens is 1. The highest BCUT2D eigenvalue weighted by atomic mass is 19.1. The van der Waals surface area contributed by atoms with Gasteiger partial charge in [0.15, 0.2) is 11.6 Å². The Morgan fingerprint density at radius 1 is 1.25 bits per heavy atom. The van der Waals surface area contributed by atoms with Crippen LogP contribution in [0.5, 0.6) is 5.75 Å². The normalized spacial score (nSPS) is 20.6. The molecule has 20 heavy (non-hydrogen) atoms. The summed E-state index contributed by atoms with van der Waals surface area (Å²) < 4.78 is 30.0. The Labute approximate surface area is 119 Å². The number of hydrogen-bond donors (Lipinski definition) is 0. The maximum Gasteiger partial charge on any atom is 0.487 e. The molecule has 6 heteroatoms. The van der Waals surface area contributed by atoms with E-state index in [2.05, 4.69) is 4.98 Å². The van der Waals surface area contributed by atoms with Crippen molar-refractivity contribution in [3.8, 4) is 5.75 Å². The molecule has 0 radical (unpaired) electrons. The van der Waals surface area contributed by atoms with Crippen molar-refractivity contribution < 1.29 is 18.4 Å². The minimum atomic E-state index is -0.466. The molecule has 0 aromatic carbocycles. The lowest BCUT2D eigenvalue weighted by atomic mass is 9.89. The lowest BCUT2D eigenvalue weighted by molar-refractivity contribution is 0.00578. The molecule has 2 heterocycles. The first-order valence-corrected chi connectivity index (χ1v) is 6.48. The fraction of sp³-hybridized carbons (Fsp3) is 0.500. The van der Waals surface area contributed by atoms with Crippen LogP contribution in [-0.4, -0.2) is 30.4 Å². The van der Waals surface area contributed by atoms with Crippen LogP contribution >= 0.6 is 0 Å². The average Bonchev–Trinajstić information content (AvgIpc) is 2.55. The van der Waals surface area contributed by atoms with Crippen molar-refractivity contribution in [2.24, 2.45) is 0 Å². The third-order valence-corrected chi connectivity index (χ3v) is 3.76. The zero-order chi connectivity index (χ0) is 15.0. The zero-order valence-electron chi connectivity index (χ0n) is 12.4. The van der Waals surface area contributed by atoms with Gasteiger partial charge in [0.25, 0.3) is 0 Å². The Morgan fingerprint density at radius 3 is 2.35 bits per heavy atom. The lowest BCUT2D eigenvalue weighted by Crippen LogP contribution is -2.41. The highest BCUT2D eigenvalue weighted by Gasteiger charge is 2.49. The van der Waals surface area contributed by atoms with Gasteiger partial charge in [-0.2, -0.15) is 0 Å². The smallest absolute Gasteiger partial charge is 0.487 e. The minimum Gasteiger partial charge on any atom is -0.492 e. The van der Waals surface area contributed by atoms with Crippen molar-refractivity contribution in [1.29, 1.82) is 0 Å². The van der Waals surface area contributed by atoms with Gasteiger partial charge in [0.2, 0.25) is 0 Å². The summed E-state index contributed by atoms with van der Waals surface area (Å²) in [4.78, 5) is 4.08. The highest BCUT2D eigenvalue weighted by molar-refractivity contribution is 6.52. The van der Waals surface area contributed by atoms with Gasteiger partial charge in [0, 0.05) is 6.07 Å². The molecule has 108 valence electrons. The molecule has 0 saturated carbocycles. The second-order valence-electron chi connectivity index (χ2n) is 5.73. The number of rotatable bonds is 3. The lowest BCUT2D eigenvalue weighted by Gasteiger charge is -2.32. The van der Waals surface area contributed by atoms with Crippen LogP contribution in [0.25, 0.3) is 6.08 Å². The fourth-order valence-electron chi connectivity index (χ4n) is 1.82. The molecule has 1 aromatic rings. The monoisotopic (exact) mass is 279 g/mol. The van der Waals surface area contributed by atoms with E-state index >= 15 is 0 Å². The van der Waals surface area contributed by atoms with Crippen LogP contribution in [-0.2, 0) is 9.31 Å². The standard InChI is InChI=1S/C14H19BFNO3/c1-13(2)14(3,4)20-15(19-13)7-6-10-8-11(16)12(18-5)9-17-10/h6-9H,1-5H3/b7-6+. The first-order chi connectivity index (χ1) is 9.25. The number of hydrogen-bond acceptors (Lipinski definition) is 4. The SMILES string of the molecule is COc1cnc(/C=C/B2OC(C)(C)C(C)(C)O2)cc1F. The first kappa shape index (κ1) is 15.0. The molecule has 0 aliphatic carbocycles. The predicted octanol–water partition coefficient (Wildman–Crippen LogP) is 2.87. The molecule has 2 rings (SSSR count). The van der Waals surface area contributed by atoms with Gasteiger partial charge in [-0.3, -0.25) is 4.98 Å². The summed E-state index contributed by atoms with van der Waals surface area (Å²) in [5.41, 5.74) is -0.292. The van der Waals surface area contributed by atoms with E-state index in [0.29, 0.717) is 5.69 Å². The maximum absolute atomic E-state index is 13.5. The number of ether oxygens (including phenoxy) is 1. The summed E-state index contributed by atoms with van der Waals surface area (Å²) in [6, 6.07) is 1.31. The van der Waals surface area contributed by atoms with Crippen LogP contribution in [0.15, 0.2) is 18.2 Å². The molecule has 0 unspecified atom stereocenters. The van der Waals surface area contributed by atoms with Crippen LogP contribution in [0.4, 0.5) is 4.39 Å². The topological polar surface area (TPSA) is 40.6 Å². The molecule has 1 aliphatic rings. The largest absolute Gasteiger partial charge is 0.492 e. The van der Waals surface area contributed by atoms with Gasteiger partial charge in [-0.25, -0.2) is 4.39 Å². The van der Waals surface area contributed by atoms with Crippen LogP contribution in [0.3, 0.4) is 0 Å². The molecule has 0 N–H and O–H groups in total. The van der Waals surface area contributed by atoms with E-state index in [-0.39, 0.29) is 17.0 Å². The quantitative estimate of drug-likeness (QED) is 0.798. The average molecular weight is 279 g/mol. The molecule has 0 spiro atoms. The van der Waals surface area contributed by atoms with Crippen LogP contribution in [0.2, 0.25) is 0 Å². The van der Waals surface area contributed by atoms with Gasteiger partial charge < -0.3 is 14.0 Å². The first-order valence-electron chi connectivity index (χ1n) is 6.48. The van der Waals surface area contributed by atoms with E-state index in [0.717, 1.165) is 0 Å². The van der Waals surface area contributed by atoms with Crippen molar-refractivity contribution in [3.63, 3.8) is 0 Å². The van der Waals surface area contributed by atoms with E-state index in [4.69, 9.17) is 14.0 Å². The number of nitrogens with zero attached hydrogens (tertiary/aromatic N) is 1. The van der Waals surface area contributed by atoms with Gasteiger partial charge in [0.1, 0.15) is 0 Å². The van der Waals surface area contributed by atoms with Gasteiger partial charge in [-0.1, -0.05) is 5.98 Å². The summed E-state index contributed by atoms with van der Waals surface area (Å²) in [5.74, 6) is 1.40. The van der Waals surface area contributed by atoms with E-state index in [1.54, 1.807) is 12.1 Å². The fourth-order valence-corrected chi connectivity index (χ4v) is 1.82. The molecule has 4 nitrogen and oxygen atoms in total. The molecular formula is C14H19BFNO3. The Balaban J connectivity index is 2.10. The van der Waals surface area contributed by atoms with E-state index < -0.39 is 12.9 Å². The molecule has 1 saturated heterocycles. The second kappa shape index (κ2) is 5.18. The van der Waals surface area contributed by atoms with Gasteiger partial charge >= 0.3 is 7.12 Å². The molecule has 0 amide bonds. The second-order valence-corrected chi connectivity index (χ2v) is 5.73. The molecule has 1 aliphatic heterocycles. The summed E-state index contributed by atoms with van der Waals surface area (Å²) >= 11 is 0. The summed E-state index contributed by atoms with van der Waals surface area (Å²) in [6.45, 7) is 7.91. The zero-order valence-corrected chi connectivity index (χ0v) is 12.4. The Hall–Kier alpha value is -1.40. The van der Waals surface area contributed by atoms with E-state index in [1.807, 2.05) is 27.7 Å². The van der Waals surface area contributed by atoms with Crippen molar-refractivity contribution in [1.82, 2.24) is 4.98 Å². The number of pyridine rings is 1. The minimum absolute atomic E-state index is 0.123. The van der Waals surface area contributed by atoms with E-state index in [1.165, 1.54) is 19.4 Å². The number of aromatic nitrogens is 1. The van der Waals surface area contributed by atoms with Gasteiger partial charge in [0.05, 0.1) is 30.2 Å². The number of methoxy groups -OCH3 is 1. The molecular weight excluding hydrogens is 260 g/mol. The van der Waals surface area contributed by atoms with Crippen LogP contribution < -0.4 is 4.74 Å². The summed E-state index contributed by atoms with van der Waals surface area (Å²) in [7, 11) is 0.937. The van der Waals surface area contributed by atoms with Crippen LogP contribution in [0, 0.1) is 5.82 Å². The van der Waals surface area contributed by atoms with Crippen LogP contribution in [0.1, 0.15) is 33.4 Å². The Morgan fingerprint density at radius 2 is 1.85 bits per heavy atom. The molecule has 0 atom stereocenters. The summed E-state index contributed by atoms with van der Waals surface area (Å²) in [5, 5.41) is 0. The predicted molar refractivity (Wildman–Crippen MR) is 75.9 cm³/mol. The third kappa shape index (κ3) is 2.86. The molecule has 1 aromatic heterocycles. The van der Waals surface area contributed by atoms with Gasteiger partial charge in [-0.05, 0) is 33.8 Å². The van der Waals surface area contributed by atoms with Crippen molar-refractivity contribution in [2.75, 3.05) is 7.11 Å². The Kier molecular flexibility index (Phi) is 3.89. The third-order valence-electron chi connectivity index (χ3n) is 3.76. The molecule has 0 bridgehead atoms.